The highest BCUT2D eigenvalue weighted by Gasteiger charge is 2.23. The normalized spacial score (nSPS) is 13.0. The molecule has 2 heterocycles. The van der Waals surface area contributed by atoms with Crippen LogP contribution in [0.3, 0.4) is 0 Å². The fourth-order valence-corrected chi connectivity index (χ4v) is 4.08. The Hall–Kier alpha value is -3.73. The number of hydrogen-bond acceptors (Lipinski definition) is 5. The molecule has 5 rings (SSSR count). The predicted octanol–water partition coefficient (Wildman–Crippen LogP) is 5.39. The number of ether oxygens (including phenoxy) is 2. The Balaban J connectivity index is 1.61. The van der Waals surface area contributed by atoms with Crippen LogP contribution in [-0.4, -0.2) is 13.8 Å². The van der Waals surface area contributed by atoms with E-state index in [0.717, 1.165) is 45.7 Å². The zero-order valence-electron chi connectivity index (χ0n) is 17.6. The molecule has 0 unspecified atom stereocenters. The van der Waals surface area contributed by atoms with Gasteiger partial charge in [-0.2, -0.15) is 0 Å². The fourth-order valence-electron chi connectivity index (χ4n) is 4.08. The van der Waals surface area contributed by atoms with Gasteiger partial charge in [-0.05, 0) is 59.5 Å². The lowest BCUT2D eigenvalue weighted by atomic mass is 9.99. The van der Waals surface area contributed by atoms with E-state index in [-0.39, 0.29) is 5.63 Å². The van der Waals surface area contributed by atoms with E-state index >= 15 is 0 Å². The Labute approximate surface area is 180 Å². The van der Waals surface area contributed by atoms with E-state index in [1.165, 1.54) is 5.56 Å². The number of rotatable bonds is 4. The molecule has 0 saturated carbocycles. The summed E-state index contributed by atoms with van der Waals surface area (Å²) in [6, 6.07) is 21.6. The lowest BCUT2D eigenvalue weighted by Gasteiger charge is -2.31. The lowest BCUT2D eigenvalue weighted by molar-refractivity contribution is 0.289. The summed E-state index contributed by atoms with van der Waals surface area (Å²) < 4.78 is 17.0. The molecule has 156 valence electrons. The summed E-state index contributed by atoms with van der Waals surface area (Å²) >= 11 is 0. The molecule has 0 N–H and O–H groups in total. The summed E-state index contributed by atoms with van der Waals surface area (Å²) in [7, 11) is 1.63. The number of benzene rings is 3. The summed E-state index contributed by atoms with van der Waals surface area (Å²) in [6.07, 6.45) is 0.974. The number of methoxy groups -OCH3 is 1. The number of fused-ring (bicyclic) bond motifs is 3. The predicted molar refractivity (Wildman–Crippen MR) is 122 cm³/mol. The van der Waals surface area contributed by atoms with Gasteiger partial charge >= 0.3 is 5.63 Å². The Morgan fingerprint density at radius 3 is 2.65 bits per heavy atom. The van der Waals surface area contributed by atoms with Crippen molar-refractivity contribution in [1.29, 1.82) is 0 Å². The molecular formula is C26H23NO4. The number of anilines is 1. The average molecular weight is 413 g/mol. The molecule has 0 atom stereocenters. The Morgan fingerprint density at radius 2 is 1.87 bits per heavy atom. The third kappa shape index (κ3) is 3.52. The smallest absolute Gasteiger partial charge is 0.336 e. The second-order valence-electron chi connectivity index (χ2n) is 7.62. The zero-order chi connectivity index (χ0) is 21.4. The third-order valence-corrected chi connectivity index (χ3v) is 5.78. The minimum Gasteiger partial charge on any atom is -0.497 e. The molecule has 0 fully saturated rings. The molecule has 0 saturated heterocycles. The fraction of sp³-hybridized carbons (Fsp3) is 0.192. The van der Waals surface area contributed by atoms with E-state index in [1.807, 2.05) is 36.4 Å². The van der Waals surface area contributed by atoms with E-state index in [1.54, 1.807) is 13.2 Å². The van der Waals surface area contributed by atoms with Crippen LogP contribution in [0.1, 0.15) is 18.1 Å². The summed E-state index contributed by atoms with van der Waals surface area (Å²) in [6.45, 7) is 3.20. The van der Waals surface area contributed by atoms with Gasteiger partial charge in [0, 0.05) is 17.1 Å². The van der Waals surface area contributed by atoms with Crippen LogP contribution < -0.4 is 20.0 Å². The summed E-state index contributed by atoms with van der Waals surface area (Å²) in [5.74, 6) is 1.53. The molecule has 5 nitrogen and oxygen atoms in total. The van der Waals surface area contributed by atoms with E-state index < -0.39 is 0 Å². The second-order valence-corrected chi connectivity index (χ2v) is 7.62. The van der Waals surface area contributed by atoms with Gasteiger partial charge < -0.3 is 18.8 Å². The first-order valence-corrected chi connectivity index (χ1v) is 10.4. The van der Waals surface area contributed by atoms with Crippen LogP contribution in [0.4, 0.5) is 5.69 Å². The van der Waals surface area contributed by atoms with Crippen molar-refractivity contribution in [3.05, 3.63) is 88.3 Å². The maximum absolute atomic E-state index is 12.5. The van der Waals surface area contributed by atoms with E-state index in [0.29, 0.717) is 18.9 Å². The first-order chi connectivity index (χ1) is 15.2. The highest BCUT2D eigenvalue weighted by atomic mass is 16.5. The van der Waals surface area contributed by atoms with Gasteiger partial charge in [0.05, 0.1) is 19.2 Å². The zero-order valence-corrected chi connectivity index (χ0v) is 17.6. The van der Waals surface area contributed by atoms with Gasteiger partial charge in [-0.15, -0.1) is 0 Å². The monoisotopic (exact) mass is 413 g/mol. The Kier molecular flexibility index (Phi) is 4.86. The first kappa shape index (κ1) is 19.2. The van der Waals surface area contributed by atoms with Crippen LogP contribution in [0.15, 0.2) is 75.9 Å². The molecule has 1 aliphatic rings. The minimum absolute atomic E-state index is 0.378. The molecule has 1 aliphatic heterocycles. The van der Waals surface area contributed by atoms with Crippen molar-refractivity contribution in [3.8, 4) is 22.6 Å². The van der Waals surface area contributed by atoms with Crippen molar-refractivity contribution in [1.82, 2.24) is 0 Å². The van der Waals surface area contributed by atoms with Crippen LogP contribution in [0.2, 0.25) is 0 Å². The Morgan fingerprint density at radius 1 is 1.03 bits per heavy atom. The lowest BCUT2D eigenvalue weighted by Crippen LogP contribution is -2.32. The number of nitrogens with zero attached hydrogens (tertiary/aromatic N) is 1. The van der Waals surface area contributed by atoms with Gasteiger partial charge in [-0.1, -0.05) is 31.2 Å². The molecule has 31 heavy (non-hydrogen) atoms. The van der Waals surface area contributed by atoms with Gasteiger partial charge in [-0.3, -0.25) is 0 Å². The standard InChI is InChI=1S/C26H23NO4/c1-3-17-5-4-6-19(13-17)27-15-23-24(30-16-27)12-11-21-22(14-25(28)31-26(21)23)18-7-9-20(29-2)10-8-18/h4-14H,3,15-16H2,1-2H3. The van der Waals surface area contributed by atoms with Crippen molar-refractivity contribution in [2.24, 2.45) is 0 Å². The Bertz CT molecular complexity index is 1310. The largest absolute Gasteiger partial charge is 0.497 e. The van der Waals surface area contributed by atoms with Gasteiger partial charge in [0.25, 0.3) is 0 Å². The van der Waals surface area contributed by atoms with Gasteiger partial charge in [0.15, 0.2) is 6.73 Å². The number of hydrogen-bond donors (Lipinski definition) is 0. The molecule has 3 aromatic carbocycles. The van der Waals surface area contributed by atoms with E-state index in [2.05, 4.69) is 36.1 Å². The van der Waals surface area contributed by atoms with Gasteiger partial charge in [-0.25, -0.2) is 4.79 Å². The van der Waals surface area contributed by atoms with E-state index in [9.17, 15) is 4.79 Å². The molecule has 4 aromatic rings. The molecule has 0 radical (unpaired) electrons. The van der Waals surface area contributed by atoms with Crippen LogP contribution in [0.5, 0.6) is 11.5 Å². The summed E-state index contributed by atoms with van der Waals surface area (Å²) in [5, 5.41) is 0.885. The van der Waals surface area contributed by atoms with Crippen LogP contribution in [0.25, 0.3) is 22.1 Å². The van der Waals surface area contributed by atoms with Crippen molar-refractivity contribution in [2.75, 3.05) is 18.7 Å². The summed E-state index contributed by atoms with van der Waals surface area (Å²) in [5.41, 5.74) is 5.22. The molecular weight excluding hydrogens is 390 g/mol. The molecule has 0 bridgehead atoms. The highest BCUT2D eigenvalue weighted by Crippen LogP contribution is 2.37. The van der Waals surface area contributed by atoms with Gasteiger partial charge in [0.2, 0.25) is 0 Å². The van der Waals surface area contributed by atoms with Crippen molar-refractivity contribution in [2.45, 2.75) is 19.9 Å². The topological polar surface area (TPSA) is 51.9 Å². The van der Waals surface area contributed by atoms with Crippen molar-refractivity contribution in [3.63, 3.8) is 0 Å². The molecule has 5 heteroatoms. The summed E-state index contributed by atoms with van der Waals surface area (Å²) in [4.78, 5) is 14.6. The quantitative estimate of drug-likeness (QED) is 0.420. The second kappa shape index (κ2) is 7.84. The van der Waals surface area contributed by atoms with Crippen molar-refractivity contribution < 1.29 is 13.9 Å². The SMILES string of the molecule is CCc1cccc(N2COc3ccc4c(-c5ccc(OC)cc5)cc(=O)oc4c3C2)c1. The van der Waals surface area contributed by atoms with E-state index in [4.69, 9.17) is 13.9 Å². The third-order valence-electron chi connectivity index (χ3n) is 5.78. The minimum atomic E-state index is -0.378. The van der Waals surface area contributed by atoms with Crippen LogP contribution in [-0.2, 0) is 13.0 Å². The number of aryl methyl sites for hydroxylation is 1. The molecule has 0 amide bonds. The maximum Gasteiger partial charge on any atom is 0.336 e. The van der Waals surface area contributed by atoms with Gasteiger partial charge in [0.1, 0.15) is 17.1 Å². The van der Waals surface area contributed by atoms with Crippen molar-refractivity contribution >= 4 is 16.7 Å². The van der Waals surface area contributed by atoms with Crippen LogP contribution >= 0.6 is 0 Å². The van der Waals surface area contributed by atoms with Crippen LogP contribution in [0, 0.1) is 0 Å². The first-order valence-electron chi connectivity index (χ1n) is 10.4. The molecule has 0 aliphatic carbocycles. The highest BCUT2D eigenvalue weighted by molar-refractivity contribution is 5.96. The molecule has 0 spiro atoms. The average Bonchev–Trinajstić information content (AvgIpc) is 2.83. The molecule has 1 aromatic heterocycles. The maximum atomic E-state index is 12.5.